The molecule has 20 heavy (non-hydrogen) atoms. The van der Waals surface area contributed by atoms with Gasteiger partial charge in [0, 0.05) is 13.1 Å². The molecule has 1 aliphatic heterocycles. The molecule has 0 aliphatic carbocycles. The lowest BCUT2D eigenvalue weighted by Crippen LogP contribution is -2.41. The van der Waals surface area contributed by atoms with Crippen molar-refractivity contribution in [3.63, 3.8) is 0 Å². The quantitative estimate of drug-likeness (QED) is 0.745. The Balaban J connectivity index is 1.81. The fourth-order valence-electron chi connectivity index (χ4n) is 2.47. The molecule has 1 aromatic carbocycles. The first-order chi connectivity index (χ1) is 9.54. The smallest absolute Gasteiger partial charge is 0.312 e. The van der Waals surface area contributed by atoms with E-state index in [4.69, 9.17) is 5.73 Å². The number of nitrogens with one attached hydrogen (secondary N) is 1. The molecule has 0 bridgehead atoms. The fraction of sp³-hybridized carbons (Fsp3) is 0.429. The molecule has 6 heteroatoms. The van der Waals surface area contributed by atoms with Gasteiger partial charge in [0.2, 0.25) is 5.91 Å². The van der Waals surface area contributed by atoms with Crippen molar-refractivity contribution in [1.82, 2.24) is 10.2 Å². The first-order valence-corrected chi connectivity index (χ1v) is 6.63. The topological polar surface area (TPSA) is 95.7 Å². The largest absolute Gasteiger partial charge is 0.508 e. The van der Waals surface area contributed by atoms with Crippen LogP contribution in [0.3, 0.4) is 0 Å². The minimum Gasteiger partial charge on any atom is -0.508 e. The molecule has 0 spiro atoms. The van der Waals surface area contributed by atoms with Gasteiger partial charge in [0.15, 0.2) is 0 Å². The average molecular weight is 277 g/mol. The first-order valence-electron chi connectivity index (χ1n) is 6.63. The van der Waals surface area contributed by atoms with Gasteiger partial charge in [-0.1, -0.05) is 12.1 Å². The standard InChI is InChI=1S/C14H19N3O3/c15-14(20)16-8-13(19)17-6-5-11(9-17)7-10-1-3-12(18)4-2-10/h1-4,11,18H,5-9H2,(H3,15,16,20). The summed E-state index contributed by atoms with van der Waals surface area (Å²) in [6.45, 7) is 1.36. The van der Waals surface area contributed by atoms with Crippen molar-refractivity contribution < 1.29 is 14.7 Å². The minimum atomic E-state index is -0.682. The van der Waals surface area contributed by atoms with Gasteiger partial charge in [0.05, 0.1) is 6.54 Å². The van der Waals surface area contributed by atoms with Gasteiger partial charge in [-0.15, -0.1) is 0 Å². The molecule has 1 aliphatic rings. The maximum absolute atomic E-state index is 11.8. The van der Waals surface area contributed by atoms with Crippen LogP contribution < -0.4 is 11.1 Å². The molecular weight excluding hydrogens is 258 g/mol. The average Bonchev–Trinajstić information content (AvgIpc) is 2.87. The third-order valence-corrected chi connectivity index (χ3v) is 3.51. The number of hydrogen-bond donors (Lipinski definition) is 3. The third kappa shape index (κ3) is 3.88. The van der Waals surface area contributed by atoms with Crippen molar-refractivity contribution in [3.05, 3.63) is 29.8 Å². The molecule has 1 aromatic rings. The summed E-state index contributed by atoms with van der Waals surface area (Å²) in [4.78, 5) is 24.1. The zero-order chi connectivity index (χ0) is 14.5. The van der Waals surface area contributed by atoms with Crippen molar-refractivity contribution in [2.24, 2.45) is 11.7 Å². The Labute approximate surface area is 117 Å². The number of phenolic OH excluding ortho intramolecular Hbond substituents is 1. The highest BCUT2D eigenvalue weighted by Crippen LogP contribution is 2.21. The lowest BCUT2D eigenvalue weighted by atomic mass is 9.99. The summed E-state index contributed by atoms with van der Waals surface area (Å²) >= 11 is 0. The van der Waals surface area contributed by atoms with Gasteiger partial charge in [-0.05, 0) is 36.5 Å². The number of primary amides is 1. The van der Waals surface area contributed by atoms with E-state index in [-0.39, 0.29) is 18.2 Å². The van der Waals surface area contributed by atoms with Gasteiger partial charge in [0.25, 0.3) is 0 Å². The third-order valence-electron chi connectivity index (χ3n) is 3.51. The first kappa shape index (κ1) is 14.2. The maximum Gasteiger partial charge on any atom is 0.312 e. The van der Waals surface area contributed by atoms with Gasteiger partial charge < -0.3 is 21.1 Å². The number of nitrogens with zero attached hydrogens (tertiary/aromatic N) is 1. The van der Waals surface area contributed by atoms with Crippen molar-refractivity contribution in [3.8, 4) is 5.75 Å². The van der Waals surface area contributed by atoms with Crippen LogP contribution in [0.1, 0.15) is 12.0 Å². The molecule has 6 nitrogen and oxygen atoms in total. The van der Waals surface area contributed by atoms with Gasteiger partial charge >= 0.3 is 6.03 Å². The second-order valence-corrected chi connectivity index (χ2v) is 5.08. The SMILES string of the molecule is NC(=O)NCC(=O)N1CCC(Cc2ccc(O)cc2)C1. The Morgan fingerprint density at radius 3 is 2.70 bits per heavy atom. The summed E-state index contributed by atoms with van der Waals surface area (Å²) < 4.78 is 0. The number of carbonyl (C=O) groups excluding carboxylic acids is 2. The molecule has 1 fully saturated rings. The highest BCUT2D eigenvalue weighted by molar-refractivity contribution is 5.83. The Morgan fingerprint density at radius 1 is 1.35 bits per heavy atom. The van der Waals surface area contributed by atoms with Crippen molar-refractivity contribution in [2.75, 3.05) is 19.6 Å². The molecule has 108 valence electrons. The number of phenols is 1. The maximum atomic E-state index is 11.8. The van der Waals surface area contributed by atoms with Gasteiger partial charge in [0.1, 0.15) is 5.75 Å². The number of carbonyl (C=O) groups is 2. The predicted molar refractivity (Wildman–Crippen MR) is 74.1 cm³/mol. The number of amides is 3. The number of rotatable bonds is 4. The summed E-state index contributed by atoms with van der Waals surface area (Å²) in [6.07, 6.45) is 1.83. The molecule has 2 rings (SSSR count). The Bertz CT molecular complexity index is 487. The van der Waals surface area contributed by atoms with E-state index in [1.54, 1.807) is 17.0 Å². The molecule has 1 heterocycles. The highest BCUT2D eigenvalue weighted by Gasteiger charge is 2.26. The number of hydrogen-bond acceptors (Lipinski definition) is 3. The van der Waals surface area contributed by atoms with E-state index in [0.29, 0.717) is 19.0 Å². The highest BCUT2D eigenvalue weighted by atomic mass is 16.3. The summed E-state index contributed by atoms with van der Waals surface area (Å²) in [5, 5.41) is 11.6. The number of urea groups is 1. The van der Waals surface area contributed by atoms with E-state index in [9.17, 15) is 14.7 Å². The van der Waals surface area contributed by atoms with E-state index in [0.717, 1.165) is 18.4 Å². The Hall–Kier alpha value is -2.24. The van der Waals surface area contributed by atoms with Crippen LogP contribution in [0.4, 0.5) is 4.79 Å². The van der Waals surface area contributed by atoms with Gasteiger partial charge in [-0.2, -0.15) is 0 Å². The van der Waals surface area contributed by atoms with Crippen LogP contribution in [-0.2, 0) is 11.2 Å². The monoisotopic (exact) mass is 277 g/mol. The second-order valence-electron chi connectivity index (χ2n) is 5.08. The van der Waals surface area contributed by atoms with Crippen LogP contribution in [0.2, 0.25) is 0 Å². The lowest BCUT2D eigenvalue weighted by Gasteiger charge is -2.16. The van der Waals surface area contributed by atoms with E-state index >= 15 is 0 Å². The normalized spacial score (nSPS) is 18.0. The van der Waals surface area contributed by atoms with Crippen LogP contribution in [-0.4, -0.2) is 41.6 Å². The van der Waals surface area contributed by atoms with Crippen LogP contribution in [0.5, 0.6) is 5.75 Å². The summed E-state index contributed by atoms with van der Waals surface area (Å²) in [5.41, 5.74) is 6.09. The Morgan fingerprint density at radius 2 is 2.05 bits per heavy atom. The molecule has 1 saturated heterocycles. The number of aromatic hydroxyl groups is 1. The summed E-state index contributed by atoms with van der Waals surface area (Å²) in [7, 11) is 0. The van der Waals surface area contributed by atoms with E-state index in [1.165, 1.54) is 0 Å². The molecule has 0 saturated carbocycles. The van der Waals surface area contributed by atoms with E-state index < -0.39 is 6.03 Å². The van der Waals surface area contributed by atoms with E-state index in [1.807, 2.05) is 12.1 Å². The van der Waals surface area contributed by atoms with Crippen molar-refractivity contribution >= 4 is 11.9 Å². The molecule has 0 radical (unpaired) electrons. The van der Waals surface area contributed by atoms with Crippen LogP contribution >= 0.6 is 0 Å². The second kappa shape index (κ2) is 6.27. The summed E-state index contributed by atoms with van der Waals surface area (Å²) in [5.74, 6) is 0.573. The van der Waals surface area contributed by atoms with E-state index in [2.05, 4.69) is 5.32 Å². The molecule has 4 N–H and O–H groups in total. The number of benzene rings is 1. The molecule has 0 aromatic heterocycles. The van der Waals surface area contributed by atoms with Crippen molar-refractivity contribution in [1.29, 1.82) is 0 Å². The van der Waals surface area contributed by atoms with Gasteiger partial charge in [-0.3, -0.25) is 4.79 Å². The number of likely N-dealkylation sites (tertiary alicyclic amines) is 1. The fourth-order valence-corrected chi connectivity index (χ4v) is 2.47. The lowest BCUT2D eigenvalue weighted by molar-refractivity contribution is -0.129. The summed E-state index contributed by atoms with van der Waals surface area (Å²) in [6, 6.07) is 6.45. The van der Waals surface area contributed by atoms with Crippen LogP contribution in [0.25, 0.3) is 0 Å². The predicted octanol–water partition coefficient (Wildman–Crippen LogP) is 0.451. The van der Waals surface area contributed by atoms with Crippen molar-refractivity contribution in [2.45, 2.75) is 12.8 Å². The zero-order valence-electron chi connectivity index (χ0n) is 11.2. The Kier molecular flexibility index (Phi) is 4.45. The zero-order valence-corrected chi connectivity index (χ0v) is 11.2. The minimum absolute atomic E-state index is 0.0404. The van der Waals surface area contributed by atoms with Crippen LogP contribution in [0, 0.1) is 5.92 Å². The molecular formula is C14H19N3O3. The molecule has 3 amide bonds. The number of nitrogens with two attached hydrogens (primary N) is 1. The molecule has 1 atom stereocenters. The van der Waals surface area contributed by atoms with Gasteiger partial charge in [-0.25, -0.2) is 4.79 Å². The molecule has 1 unspecified atom stereocenters. The van der Waals surface area contributed by atoms with Crippen LogP contribution in [0.15, 0.2) is 24.3 Å².